The summed E-state index contributed by atoms with van der Waals surface area (Å²) in [5.74, 6) is 0. The summed E-state index contributed by atoms with van der Waals surface area (Å²) in [6, 6.07) is 2.89. The van der Waals surface area contributed by atoms with Crippen molar-refractivity contribution in [2.24, 2.45) is 0 Å². The van der Waals surface area contributed by atoms with E-state index in [2.05, 4.69) is 10.1 Å². The highest BCUT2D eigenvalue weighted by atomic mass is 35.5. The molecule has 1 N–H and O–H groups in total. The Hall–Kier alpha value is -1.14. The molecule has 8 heteroatoms. The van der Waals surface area contributed by atoms with Gasteiger partial charge in [0.1, 0.15) is 6.61 Å². The Balaban J connectivity index is 0.00000162. The van der Waals surface area contributed by atoms with Crippen molar-refractivity contribution in [1.82, 2.24) is 5.32 Å². The lowest BCUT2D eigenvalue weighted by Gasteiger charge is -2.12. The third-order valence-electron chi connectivity index (χ3n) is 2.37. The largest absolute Gasteiger partial charge is 0.447 e. The van der Waals surface area contributed by atoms with Crippen LogP contribution in [0, 0.1) is 0 Å². The van der Waals surface area contributed by atoms with E-state index in [1.165, 1.54) is 12.1 Å². The van der Waals surface area contributed by atoms with Crippen molar-refractivity contribution in [3.63, 3.8) is 0 Å². The van der Waals surface area contributed by atoms with Gasteiger partial charge >= 0.3 is 12.3 Å². The van der Waals surface area contributed by atoms with Gasteiger partial charge in [0.15, 0.2) is 0 Å². The Morgan fingerprint density at radius 3 is 2.50 bits per heavy atom. The average molecular weight is 302 g/mol. The number of nitrogens with one attached hydrogen (secondary N) is 1. The molecule has 0 bridgehead atoms. The van der Waals surface area contributed by atoms with Gasteiger partial charge in [0.05, 0.1) is 16.6 Å². The number of hydrogen-bond donors (Lipinski definition) is 1. The van der Waals surface area contributed by atoms with Crippen molar-refractivity contribution < 1.29 is 22.7 Å². The maximum absolute atomic E-state index is 12.4. The fourth-order valence-corrected chi connectivity index (χ4v) is 1.84. The third-order valence-corrected chi connectivity index (χ3v) is 2.69. The molecule has 3 nitrogen and oxygen atoms in total. The van der Waals surface area contributed by atoms with Gasteiger partial charge in [0, 0.05) is 0 Å². The first kappa shape index (κ1) is 14.9. The lowest BCUT2D eigenvalue weighted by atomic mass is 10.1. The van der Waals surface area contributed by atoms with Crippen LogP contribution >= 0.6 is 24.0 Å². The first-order valence-electron chi connectivity index (χ1n) is 4.68. The molecule has 0 spiro atoms. The molecule has 1 aliphatic rings. The molecule has 100 valence electrons. The number of carbonyl (C=O) groups excluding carboxylic acids is 1. The van der Waals surface area contributed by atoms with Crippen LogP contribution in [0.15, 0.2) is 18.2 Å². The number of halogens is 5. The highest BCUT2D eigenvalue weighted by Crippen LogP contribution is 2.36. The molecule has 0 aromatic heterocycles. The first-order valence-corrected chi connectivity index (χ1v) is 5.05. The molecule has 2 rings (SSSR count). The van der Waals surface area contributed by atoms with Gasteiger partial charge in [-0.1, -0.05) is 17.7 Å². The van der Waals surface area contributed by atoms with Crippen molar-refractivity contribution in [2.45, 2.75) is 12.2 Å². The van der Waals surface area contributed by atoms with Gasteiger partial charge in [-0.2, -0.15) is 13.2 Å². The van der Waals surface area contributed by atoms with Crippen LogP contribution in [0.5, 0.6) is 0 Å². The quantitative estimate of drug-likeness (QED) is 0.861. The molecule has 0 radical (unpaired) electrons. The minimum Gasteiger partial charge on any atom is -0.447 e. The van der Waals surface area contributed by atoms with Crippen LogP contribution in [-0.4, -0.2) is 12.7 Å². The van der Waals surface area contributed by atoms with Crippen molar-refractivity contribution >= 4 is 30.1 Å². The van der Waals surface area contributed by atoms with E-state index in [9.17, 15) is 18.0 Å². The molecule has 0 aliphatic carbocycles. The molecule has 1 aromatic carbocycles. The standard InChI is InChI=1S/C10H7ClF3NO2.ClH/c11-7-3-5(8-4-17-9(16)15-8)1-2-6(7)10(12,13)14;/h1-3,8H,4H2,(H,15,16);1H/t8-;/m1./s1. The van der Waals surface area contributed by atoms with E-state index in [1.54, 1.807) is 0 Å². The normalized spacial score (nSPS) is 18.9. The lowest BCUT2D eigenvalue weighted by molar-refractivity contribution is -0.137. The molecular weight excluding hydrogens is 294 g/mol. The number of alkyl halides is 3. The average Bonchev–Trinajstić information content (AvgIpc) is 2.62. The minimum atomic E-state index is -4.48. The molecule has 1 fully saturated rings. The Morgan fingerprint density at radius 1 is 1.39 bits per heavy atom. The number of benzene rings is 1. The highest BCUT2D eigenvalue weighted by molar-refractivity contribution is 6.31. The van der Waals surface area contributed by atoms with E-state index in [-0.39, 0.29) is 19.0 Å². The minimum absolute atomic E-state index is 0. The molecular formula is C10H8Cl2F3NO2. The molecule has 0 unspecified atom stereocenters. The zero-order valence-corrected chi connectivity index (χ0v) is 10.3. The van der Waals surface area contributed by atoms with Crippen LogP contribution in [0.25, 0.3) is 0 Å². The summed E-state index contributed by atoms with van der Waals surface area (Å²) in [5, 5.41) is 2.06. The van der Waals surface area contributed by atoms with E-state index in [1.807, 2.05) is 0 Å². The fraction of sp³-hybridized carbons (Fsp3) is 0.300. The molecule has 1 aliphatic heterocycles. The third kappa shape index (κ3) is 3.00. The van der Waals surface area contributed by atoms with Gasteiger partial charge in [-0.25, -0.2) is 4.79 Å². The van der Waals surface area contributed by atoms with Crippen molar-refractivity contribution in [2.75, 3.05) is 6.61 Å². The molecule has 1 saturated heterocycles. The van der Waals surface area contributed by atoms with Crippen molar-refractivity contribution in [3.8, 4) is 0 Å². The number of alkyl carbamates (subject to hydrolysis) is 1. The molecule has 0 saturated carbocycles. The maximum Gasteiger partial charge on any atom is 0.417 e. The zero-order valence-electron chi connectivity index (χ0n) is 8.75. The van der Waals surface area contributed by atoms with Crippen LogP contribution in [0.1, 0.15) is 17.2 Å². The van der Waals surface area contributed by atoms with E-state index < -0.39 is 28.9 Å². The smallest absolute Gasteiger partial charge is 0.417 e. The van der Waals surface area contributed by atoms with E-state index in [0.29, 0.717) is 5.56 Å². The second kappa shape index (κ2) is 5.24. The predicted octanol–water partition coefficient (Wildman–Crippen LogP) is 3.56. The Labute approximate surface area is 112 Å². The van der Waals surface area contributed by atoms with Crippen LogP contribution in [0.2, 0.25) is 5.02 Å². The molecule has 1 aromatic rings. The number of carbonyl (C=O) groups is 1. The predicted molar refractivity (Wildman–Crippen MR) is 60.9 cm³/mol. The molecule has 1 amide bonds. The fourth-order valence-electron chi connectivity index (χ4n) is 1.54. The number of rotatable bonds is 1. The number of amides is 1. The van der Waals surface area contributed by atoms with Crippen LogP contribution in [0.3, 0.4) is 0 Å². The SMILES string of the molecule is Cl.O=C1N[C@@H](c2ccc(C(F)(F)F)c(Cl)c2)CO1. The summed E-state index contributed by atoms with van der Waals surface area (Å²) in [5.41, 5.74) is -0.415. The zero-order chi connectivity index (χ0) is 12.6. The summed E-state index contributed by atoms with van der Waals surface area (Å²) >= 11 is 5.56. The number of cyclic esters (lactones) is 1. The van der Waals surface area contributed by atoms with E-state index in [4.69, 9.17) is 11.6 Å². The Morgan fingerprint density at radius 2 is 2.06 bits per heavy atom. The Kier molecular flexibility index (Phi) is 4.34. The summed E-state index contributed by atoms with van der Waals surface area (Å²) in [6.07, 6.45) is -5.07. The van der Waals surface area contributed by atoms with E-state index >= 15 is 0 Å². The van der Waals surface area contributed by atoms with Gasteiger partial charge in [-0.15, -0.1) is 12.4 Å². The number of hydrogen-bond acceptors (Lipinski definition) is 2. The summed E-state index contributed by atoms with van der Waals surface area (Å²) < 4.78 is 42.0. The summed E-state index contributed by atoms with van der Waals surface area (Å²) in [4.78, 5) is 10.8. The monoisotopic (exact) mass is 301 g/mol. The van der Waals surface area contributed by atoms with Crippen molar-refractivity contribution in [3.05, 3.63) is 34.3 Å². The number of ether oxygens (including phenoxy) is 1. The van der Waals surface area contributed by atoms with Crippen molar-refractivity contribution in [1.29, 1.82) is 0 Å². The van der Waals surface area contributed by atoms with Gasteiger partial charge in [-0.3, -0.25) is 0 Å². The second-order valence-corrected chi connectivity index (χ2v) is 3.94. The second-order valence-electron chi connectivity index (χ2n) is 3.53. The summed E-state index contributed by atoms with van der Waals surface area (Å²) in [6.45, 7) is 0.0839. The molecule has 18 heavy (non-hydrogen) atoms. The molecule has 1 atom stereocenters. The maximum atomic E-state index is 12.4. The first-order chi connectivity index (χ1) is 7.88. The van der Waals surface area contributed by atoms with Crippen LogP contribution in [0.4, 0.5) is 18.0 Å². The summed E-state index contributed by atoms with van der Waals surface area (Å²) in [7, 11) is 0. The topological polar surface area (TPSA) is 38.3 Å². The highest BCUT2D eigenvalue weighted by Gasteiger charge is 2.34. The lowest BCUT2D eigenvalue weighted by Crippen LogP contribution is -2.18. The van der Waals surface area contributed by atoms with Gasteiger partial charge in [0.2, 0.25) is 0 Å². The van der Waals surface area contributed by atoms with Gasteiger partial charge in [-0.05, 0) is 17.7 Å². The van der Waals surface area contributed by atoms with Crippen LogP contribution < -0.4 is 5.32 Å². The molecule has 1 heterocycles. The van der Waals surface area contributed by atoms with Gasteiger partial charge < -0.3 is 10.1 Å². The van der Waals surface area contributed by atoms with Gasteiger partial charge in [0.25, 0.3) is 0 Å². The Bertz CT molecular complexity index is 465. The van der Waals surface area contributed by atoms with E-state index in [0.717, 1.165) is 6.07 Å². The van der Waals surface area contributed by atoms with Crippen LogP contribution in [-0.2, 0) is 10.9 Å².